The SMILES string of the molecule is Cc1ccc(C(=O)NCCNc2ccc(S(C)(=O)=O)cc2[N+](=O)[O-])o1. The van der Waals surface area contributed by atoms with E-state index in [1.807, 2.05) is 0 Å². The number of aryl methyl sites for hydroxylation is 1. The highest BCUT2D eigenvalue weighted by Gasteiger charge is 2.18. The summed E-state index contributed by atoms with van der Waals surface area (Å²) >= 11 is 0. The minimum absolute atomic E-state index is 0.133. The number of sulfone groups is 1. The third-order valence-corrected chi connectivity index (χ3v) is 4.39. The van der Waals surface area contributed by atoms with Crippen molar-refractivity contribution in [1.29, 1.82) is 0 Å². The number of furan rings is 1. The lowest BCUT2D eigenvalue weighted by atomic mass is 10.2. The van der Waals surface area contributed by atoms with Gasteiger partial charge in [0.1, 0.15) is 11.4 Å². The summed E-state index contributed by atoms with van der Waals surface area (Å²) in [5.74, 6) is 0.405. The van der Waals surface area contributed by atoms with Crippen molar-refractivity contribution in [3.05, 3.63) is 52.0 Å². The van der Waals surface area contributed by atoms with Crippen molar-refractivity contribution in [3.63, 3.8) is 0 Å². The highest BCUT2D eigenvalue weighted by Crippen LogP contribution is 2.27. The minimum atomic E-state index is -3.54. The highest BCUT2D eigenvalue weighted by atomic mass is 32.2. The number of carbonyl (C=O) groups excluding carboxylic acids is 1. The molecule has 0 fully saturated rings. The monoisotopic (exact) mass is 367 g/mol. The van der Waals surface area contributed by atoms with Crippen LogP contribution in [0.25, 0.3) is 0 Å². The molecule has 2 rings (SSSR count). The molecule has 134 valence electrons. The van der Waals surface area contributed by atoms with Gasteiger partial charge in [-0.25, -0.2) is 8.42 Å². The fourth-order valence-corrected chi connectivity index (χ4v) is 2.70. The van der Waals surface area contributed by atoms with Gasteiger partial charge < -0.3 is 15.1 Å². The Morgan fingerprint density at radius 3 is 2.52 bits per heavy atom. The number of anilines is 1. The van der Waals surface area contributed by atoms with Gasteiger partial charge in [-0.05, 0) is 31.2 Å². The summed E-state index contributed by atoms with van der Waals surface area (Å²) in [7, 11) is -3.54. The molecule has 0 saturated heterocycles. The zero-order valence-corrected chi connectivity index (χ0v) is 14.4. The molecule has 0 atom stereocenters. The molecule has 2 N–H and O–H groups in total. The number of nitro benzene ring substituents is 1. The van der Waals surface area contributed by atoms with Crippen LogP contribution in [0.5, 0.6) is 0 Å². The summed E-state index contributed by atoms with van der Waals surface area (Å²) in [6.45, 7) is 2.13. The maximum atomic E-state index is 11.8. The average Bonchev–Trinajstić information content (AvgIpc) is 2.97. The lowest BCUT2D eigenvalue weighted by Crippen LogP contribution is -2.28. The van der Waals surface area contributed by atoms with Crippen molar-refractivity contribution in [2.24, 2.45) is 0 Å². The minimum Gasteiger partial charge on any atom is -0.456 e. The Labute approximate surface area is 144 Å². The number of nitrogens with one attached hydrogen (secondary N) is 2. The first-order chi connectivity index (χ1) is 11.7. The molecule has 0 aliphatic carbocycles. The molecular weight excluding hydrogens is 350 g/mol. The van der Waals surface area contributed by atoms with Crippen LogP contribution in [-0.2, 0) is 9.84 Å². The maximum absolute atomic E-state index is 11.8. The van der Waals surface area contributed by atoms with Crippen molar-refractivity contribution in [3.8, 4) is 0 Å². The first kappa shape index (κ1) is 18.5. The molecule has 0 unspecified atom stereocenters. The van der Waals surface area contributed by atoms with E-state index in [1.165, 1.54) is 12.1 Å². The van der Waals surface area contributed by atoms with Gasteiger partial charge in [0, 0.05) is 25.4 Å². The Bertz CT molecular complexity index is 904. The third-order valence-electron chi connectivity index (χ3n) is 3.28. The van der Waals surface area contributed by atoms with Crippen LogP contribution in [0, 0.1) is 17.0 Å². The summed E-state index contributed by atoms with van der Waals surface area (Å²) in [5.41, 5.74) is -0.184. The van der Waals surface area contributed by atoms with E-state index in [0.717, 1.165) is 12.3 Å². The number of hydrogen-bond acceptors (Lipinski definition) is 7. The number of carbonyl (C=O) groups is 1. The highest BCUT2D eigenvalue weighted by molar-refractivity contribution is 7.90. The maximum Gasteiger partial charge on any atom is 0.293 e. The summed E-state index contributed by atoms with van der Waals surface area (Å²) in [5, 5.41) is 16.5. The molecule has 2 aromatic rings. The van der Waals surface area contributed by atoms with Crippen LogP contribution >= 0.6 is 0 Å². The van der Waals surface area contributed by atoms with Crippen LogP contribution in [0.15, 0.2) is 39.6 Å². The van der Waals surface area contributed by atoms with Crippen molar-refractivity contribution in [2.75, 3.05) is 24.7 Å². The van der Waals surface area contributed by atoms with Gasteiger partial charge in [-0.15, -0.1) is 0 Å². The third kappa shape index (κ3) is 4.80. The Morgan fingerprint density at radius 2 is 1.96 bits per heavy atom. The fourth-order valence-electron chi connectivity index (χ4n) is 2.06. The van der Waals surface area contributed by atoms with Crippen molar-refractivity contribution >= 4 is 27.1 Å². The molecule has 0 bridgehead atoms. The molecule has 0 aliphatic rings. The molecule has 25 heavy (non-hydrogen) atoms. The Hall–Kier alpha value is -2.88. The molecule has 0 radical (unpaired) electrons. The summed E-state index contributed by atoms with van der Waals surface area (Å²) in [6.07, 6.45) is 0.977. The van der Waals surface area contributed by atoms with E-state index in [2.05, 4.69) is 10.6 Å². The summed E-state index contributed by atoms with van der Waals surface area (Å²) in [6, 6.07) is 6.83. The van der Waals surface area contributed by atoms with Crippen molar-refractivity contribution in [1.82, 2.24) is 5.32 Å². The molecule has 1 amide bonds. The quantitative estimate of drug-likeness (QED) is 0.433. The number of nitrogens with zero attached hydrogens (tertiary/aromatic N) is 1. The van der Waals surface area contributed by atoms with Crippen molar-refractivity contribution < 1.29 is 22.6 Å². The number of hydrogen-bond donors (Lipinski definition) is 2. The van der Waals surface area contributed by atoms with Gasteiger partial charge in [0.2, 0.25) is 0 Å². The van der Waals surface area contributed by atoms with Gasteiger partial charge >= 0.3 is 0 Å². The molecule has 1 aromatic heterocycles. The van der Waals surface area contributed by atoms with E-state index >= 15 is 0 Å². The van der Waals surface area contributed by atoms with Crippen LogP contribution in [0.3, 0.4) is 0 Å². The number of rotatable bonds is 7. The van der Waals surface area contributed by atoms with E-state index in [-0.39, 0.29) is 35.1 Å². The number of amides is 1. The Kier molecular flexibility index (Phi) is 5.42. The topological polar surface area (TPSA) is 132 Å². The number of benzene rings is 1. The first-order valence-electron chi connectivity index (χ1n) is 7.25. The van der Waals surface area contributed by atoms with Gasteiger partial charge in [-0.2, -0.15) is 0 Å². The first-order valence-corrected chi connectivity index (χ1v) is 9.14. The predicted molar refractivity (Wildman–Crippen MR) is 90.5 cm³/mol. The van der Waals surface area contributed by atoms with Gasteiger partial charge in [0.25, 0.3) is 11.6 Å². The van der Waals surface area contributed by atoms with E-state index in [1.54, 1.807) is 19.1 Å². The van der Waals surface area contributed by atoms with Crippen LogP contribution in [0.1, 0.15) is 16.3 Å². The predicted octanol–water partition coefficient (Wildman–Crippen LogP) is 1.74. The molecule has 0 spiro atoms. The van der Waals surface area contributed by atoms with Crippen LogP contribution in [0.4, 0.5) is 11.4 Å². The molecular formula is C15H17N3O6S. The summed E-state index contributed by atoms with van der Waals surface area (Å²) in [4.78, 5) is 22.1. The lowest BCUT2D eigenvalue weighted by Gasteiger charge is -2.09. The fraction of sp³-hybridized carbons (Fsp3) is 0.267. The van der Waals surface area contributed by atoms with Crippen LogP contribution in [-0.4, -0.2) is 38.6 Å². The molecule has 0 aliphatic heterocycles. The largest absolute Gasteiger partial charge is 0.456 e. The van der Waals surface area contributed by atoms with Gasteiger partial charge in [0.05, 0.1) is 9.82 Å². The molecule has 9 nitrogen and oxygen atoms in total. The zero-order valence-electron chi connectivity index (χ0n) is 13.6. The van der Waals surface area contributed by atoms with Gasteiger partial charge in [-0.3, -0.25) is 14.9 Å². The zero-order chi connectivity index (χ0) is 18.6. The van der Waals surface area contributed by atoms with E-state index in [4.69, 9.17) is 4.42 Å². The second-order valence-corrected chi connectivity index (χ2v) is 7.32. The van der Waals surface area contributed by atoms with Gasteiger partial charge in [0.15, 0.2) is 15.6 Å². The van der Waals surface area contributed by atoms with Crippen molar-refractivity contribution in [2.45, 2.75) is 11.8 Å². The standard InChI is InChI=1S/C15H17N3O6S/c1-10-3-6-14(24-10)15(19)17-8-7-16-12-5-4-11(25(2,22)23)9-13(12)18(20)21/h3-6,9,16H,7-8H2,1-2H3,(H,17,19). The van der Waals surface area contributed by atoms with E-state index in [0.29, 0.717) is 5.76 Å². The summed E-state index contributed by atoms with van der Waals surface area (Å²) < 4.78 is 28.2. The lowest BCUT2D eigenvalue weighted by molar-refractivity contribution is -0.384. The average molecular weight is 367 g/mol. The normalized spacial score (nSPS) is 11.1. The molecule has 0 saturated carbocycles. The Balaban J connectivity index is 1.98. The smallest absolute Gasteiger partial charge is 0.293 e. The molecule has 1 aromatic carbocycles. The number of nitro groups is 1. The Morgan fingerprint density at radius 1 is 1.24 bits per heavy atom. The van der Waals surface area contributed by atoms with Crippen LogP contribution < -0.4 is 10.6 Å². The molecule has 10 heteroatoms. The van der Waals surface area contributed by atoms with Crippen LogP contribution in [0.2, 0.25) is 0 Å². The van der Waals surface area contributed by atoms with Gasteiger partial charge in [-0.1, -0.05) is 0 Å². The van der Waals surface area contributed by atoms with E-state index < -0.39 is 20.7 Å². The molecule has 1 heterocycles. The second-order valence-electron chi connectivity index (χ2n) is 5.30. The second kappa shape index (κ2) is 7.34. The van der Waals surface area contributed by atoms with E-state index in [9.17, 15) is 23.3 Å².